The molecular formula is C17H16BrNO6. The Morgan fingerprint density at radius 2 is 1.92 bits per heavy atom. The summed E-state index contributed by atoms with van der Waals surface area (Å²) in [4.78, 5) is 23.4. The molecule has 25 heavy (non-hydrogen) atoms. The minimum atomic E-state index is -0.657. The maximum atomic E-state index is 11.8. The van der Waals surface area contributed by atoms with Gasteiger partial charge in [-0.2, -0.15) is 0 Å². The van der Waals surface area contributed by atoms with E-state index in [1.165, 1.54) is 26.4 Å². The van der Waals surface area contributed by atoms with Gasteiger partial charge in [-0.3, -0.25) is 4.79 Å². The van der Waals surface area contributed by atoms with Crippen LogP contribution in [0.5, 0.6) is 11.5 Å². The third-order valence-corrected chi connectivity index (χ3v) is 3.42. The summed E-state index contributed by atoms with van der Waals surface area (Å²) in [6.45, 7) is -0.417. The monoisotopic (exact) mass is 409 g/mol. The minimum absolute atomic E-state index is 0.417. The SMILES string of the molecule is COc1ccc(NC(=O)COC(=O)/C=C/c2ccc(Br)o2)cc1OC. The molecule has 1 N–H and O–H groups in total. The smallest absolute Gasteiger partial charge is 0.331 e. The molecule has 8 heteroatoms. The summed E-state index contributed by atoms with van der Waals surface area (Å²) in [5, 5.41) is 2.60. The first-order valence-electron chi connectivity index (χ1n) is 7.14. The van der Waals surface area contributed by atoms with Crippen LogP contribution in [-0.2, 0) is 14.3 Å². The van der Waals surface area contributed by atoms with Crippen LogP contribution in [0.3, 0.4) is 0 Å². The highest BCUT2D eigenvalue weighted by molar-refractivity contribution is 9.10. The fourth-order valence-electron chi connectivity index (χ4n) is 1.86. The highest BCUT2D eigenvalue weighted by Gasteiger charge is 2.09. The van der Waals surface area contributed by atoms with Crippen molar-refractivity contribution < 1.29 is 28.2 Å². The van der Waals surface area contributed by atoms with Crippen molar-refractivity contribution in [2.75, 3.05) is 26.1 Å². The average Bonchev–Trinajstić information content (AvgIpc) is 3.03. The lowest BCUT2D eigenvalue weighted by atomic mass is 10.2. The Balaban J connectivity index is 1.84. The molecular weight excluding hydrogens is 394 g/mol. The molecule has 0 bridgehead atoms. The van der Waals surface area contributed by atoms with Crippen molar-refractivity contribution in [3.63, 3.8) is 0 Å². The molecule has 0 spiro atoms. The normalized spacial score (nSPS) is 10.5. The summed E-state index contributed by atoms with van der Waals surface area (Å²) in [7, 11) is 3.01. The summed E-state index contributed by atoms with van der Waals surface area (Å²) in [5.74, 6) is 0.370. The van der Waals surface area contributed by atoms with E-state index in [4.69, 9.17) is 18.6 Å². The minimum Gasteiger partial charge on any atom is -0.493 e. The Labute approximate surface area is 152 Å². The average molecular weight is 410 g/mol. The molecule has 0 unspecified atom stereocenters. The first-order chi connectivity index (χ1) is 12.0. The van der Waals surface area contributed by atoms with E-state index >= 15 is 0 Å². The molecule has 1 heterocycles. The predicted octanol–water partition coefficient (Wildman–Crippen LogP) is 3.25. The van der Waals surface area contributed by atoms with Crippen molar-refractivity contribution in [1.29, 1.82) is 0 Å². The third kappa shape index (κ3) is 5.68. The van der Waals surface area contributed by atoms with Gasteiger partial charge in [-0.1, -0.05) is 0 Å². The van der Waals surface area contributed by atoms with E-state index in [1.54, 1.807) is 30.3 Å². The number of rotatable bonds is 7. The standard InChI is InChI=1S/C17H16BrNO6/c1-22-13-6-3-11(9-14(13)23-2)19-16(20)10-24-17(21)8-5-12-4-7-15(18)25-12/h3-9H,10H2,1-2H3,(H,19,20)/b8-5+. The third-order valence-electron chi connectivity index (χ3n) is 2.99. The maximum Gasteiger partial charge on any atom is 0.331 e. The van der Waals surface area contributed by atoms with Gasteiger partial charge in [0.1, 0.15) is 5.76 Å². The molecule has 0 aliphatic rings. The molecule has 0 saturated heterocycles. The molecule has 0 fully saturated rings. The van der Waals surface area contributed by atoms with Crippen LogP contribution in [0.15, 0.2) is 45.5 Å². The number of carbonyl (C=O) groups excluding carboxylic acids is 2. The topological polar surface area (TPSA) is 87.0 Å². The summed E-state index contributed by atoms with van der Waals surface area (Å²) in [6, 6.07) is 8.28. The Morgan fingerprint density at radius 1 is 1.16 bits per heavy atom. The number of anilines is 1. The molecule has 0 aliphatic heterocycles. The van der Waals surface area contributed by atoms with Crippen molar-refractivity contribution in [2.24, 2.45) is 0 Å². The van der Waals surface area contributed by atoms with E-state index in [0.29, 0.717) is 27.6 Å². The van der Waals surface area contributed by atoms with Gasteiger partial charge < -0.3 is 23.9 Å². The number of ether oxygens (including phenoxy) is 3. The summed E-state index contributed by atoms with van der Waals surface area (Å²) < 4.78 is 20.9. The van der Waals surface area contributed by atoms with Crippen molar-refractivity contribution in [1.82, 2.24) is 0 Å². The van der Waals surface area contributed by atoms with Gasteiger partial charge in [0.2, 0.25) is 0 Å². The quantitative estimate of drug-likeness (QED) is 0.557. The Morgan fingerprint density at radius 3 is 2.56 bits per heavy atom. The van der Waals surface area contributed by atoms with E-state index in [-0.39, 0.29) is 0 Å². The van der Waals surface area contributed by atoms with Gasteiger partial charge in [-0.05, 0) is 46.3 Å². The van der Waals surface area contributed by atoms with Crippen molar-refractivity contribution in [3.05, 3.63) is 46.8 Å². The molecule has 1 aromatic carbocycles. The molecule has 7 nitrogen and oxygen atoms in total. The number of benzene rings is 1. The van der Waals surface area contributed by atoms with Gasteiger partial charge in [0.25, 0.3) is 5.91 Å². The lowest BCUT2D eigenvalue weighted by Gasteiger charge is -2.10. The van der Waals surface area contributed by atoms with E-state index in [2.05, 4.69) is 21.2 Å². The van der Waals surface area contributed by atoms with Crippen LogP contribution in [0.4, 0.5) is 5.69 Å². The Hall–Kier alpha value is -2.74. The molecule has 1 aromatic heterocycles. The van der Waals surface area contributed by atoms with Crippen molar-refractivity contribution in [2.45, 2.75) is 0 Å². The number of methoxy groups -OCH3 is 2. The second kappa shape index (κ2) is 8.93. The molecule has 2 rings (SSSR count). The molecule has 0 atom stereocenters. The van der Waals surface area contributed by atoms with Crippen LogP contribution in [0.1, 0.15) is 5.76 Å². The zero-order valence-electron chi connectivity index (χ0n) is 13.6. The first-order valence-corrected chi connectivity index (χ1v) is 7.93. The second-order valence-corrected chi connectivity index (χ2v) is 5.48. The summed E-state index contributed by atoms with van der Waals surface area (Å²) >= 11 is 3.15. The number of halogens is 1. The van der Waals surface area contributed by atoms with Crippen LogP contribution in [-0.4, -0.2) is 32.7 Å². The van der Waals surface area contributed by atoms with E-state index in [0.717, 1.165) is 0 Å². The second-order valence-electron chi connectivity index (χ2n) is 4.70. The zero-order valence-corrected chi connectivity index (χ0v) is 15.2. The van der Waals surface area contributed by atoms with Crippen LogP contribution in [0, 0.1) is 0 Å². The van der Waals surface area contributed by atoms with E-state index < -0.39 is 18.5 Å². The summed E-state index contributed by atoms with van der Waals surface area (Å²) in [6.07, 6.45) is 2.62. The number of amides is 1. The van der Waals surface area contributed by atoms with Crippen LogP contribution in [0.25, 0.3) is 6.08 Å². The predicted molar refractivity (Wildman–Crippen MR) is 94.6 cm³/mol. The largest absolute Gasteiger partial charge is 0.493 e. The van der Waals surface area contributed by atoms with Gasteiger partial charge in [0, 0.05) is 17.8 Å². The van der Waals surface area contributed by atoms with Gasteiger partial charge in [-0.15, -0.1) is 0 Å². The Bertz CT molecular complexity index is 783. The molecule has 132 valence electrons. The molecule has 0 saturated carbocycles. The number of hydrogen-bond donors (Lipinski definition) is 1. The van der Waals surface area contributed by atoms with Crippen molar-refractivity contribution >= 4 is 39.6 Å². The molecule has 0 radical (unpaired) electrons. The van der Waals surface area contributed by atoms with Crippen LogP contribution >= 0.6 is 15.9 Å². The van der Waals surface area contributed by atoms with Crippen LogP contribution < -0.4 is 14.8 Å². The summed E-state index contributed by atoms with van der Waals surface area (Å²) in [5.41, 5.74) is 0.495. The number of hydrogen-bond acceptors (Lipinski definition) is 6. The van der Waals surface area contributed by atoms with Gasteiger partial charge in [-0.25, -0.2) is 4.79 Å². The van der Waals surface area contributed by atoms with Gasteiger partial charge in [0.15, 0.2) is 22.8 Å². The fourth-order valence-corrected chi connectivity index (χ4v) is 2.18. The highest BCUT2D eigenvalue weighted by atomic mass is 79.9. The van der Waals surface area contributed by atoms with Gasteiger partial charge in [0.05, 0.1) is 14.2 Å². The molecule has 1 amide bonds. The van der Waals surface area contributed by atoms with E-state index in [9.17, 15) is 9.59 Å². The van der Waals surface area contributed by atoms with Crippen molar-refractivity contribution in [3.8, 4) is 11.5 Å². The van der Waals surface area contributed by atoms with Gasteiger partial charge >= 0.3 is 5.97 Å². The Kier molecular flexibility index (Phi) is 6.64. The first kappa shape index (κ1) is 18.6. The fraction of sp³-hybridized carbons (Fsp3) is 0.176. The zero-order chi connectivity index (χ0) is 18.2. The number of furan rings is 1. The lowest BCUT2D eigenvalue weighted by molar-refractivity contribution is -0.142. The molecule has 0 aliphatic carbocycles. The number of esters is 1. The number of nitrogens with one attached hydrogen (secondary N) is 1. The molecule has 2 aromatic rings. The maximum absolute atomic E-state index is 11.8. The highest BCUT2D eigenvalue weighted by Crippen LogP contribution is 2.29. The lowest BCUT2D eigenvalue weighted by Crippen LogP contribution is -2.20. The number of carbonyl (C=O) groups is 2. The van der Waals surface area contributed by atoms with Crippen LogP contribution in [0.2, 0.25) is 0 Å². The van der Waals surface area contributed by atoms with E-state index in [1.807, 2.05) is 0 Å².